The maximum atomic E-state index is 5.87. The Morgan fingerprint density at radius 2 is 2.25 bits per heavy atom. The maximum absolute atomic E-state index is 5.87. The van der Waals surface area contributed by atoms with Crippen LogP contribution in [0.1, 0.15) is 11.4 Å². The molecular formula is C10H12ClN5. The molecular weight excluding hydrogens is 226 g/mol. The predicted octanol–water partition coefficient (Wildman–Crippen LogP) is 1.78. The van der Waals surface area contributed by atoms with Crippen molar-refractivity contribution in [2.75, 3.05) is 5.32 Å². The van der Waals surface area contributed by atoms with Crippen LogP contribution in [0.2, 0.25) is 5.02 Å². The number of hydrogen-bond acceptors (Lipinski definition) is 4. The fourth-order valence-electron chi connectivity index (χ4n) is 1.39. The van der Waals surface area contributed by atoms with Crippen molar-refractivity contribution in [1.82, 2.24) is 20.2 Å². The van der Waals surface area contributed by atoms with Crippen LogP contribution in [-0.2, 0) is 13.6 Å². The Bertz CT molecular complexity index is 494. The highest BCUT2D eigenvalue weighted by molar-refractivity contribution is 6.30. The number of anilines is 1. The van der Waals surface area contributed by atoms with Gasteiger partial charge < -0.3 is 5.32 Å². The first-order chi connectivity index (χ1) is 7.65. The second-order valence-corrected chi connectivity index (χ2v) is 3.94. The number of tetrazole rings is 1. The maximum Gasteiger partial charge on any atom is 0.193 e. The van der Waals surface area contributed by atoms with Crippen molar-refractivity contribution >= 4 is 17.3 Å². The van der Waals surface area contributed by atoms with Gasteiger partial charge in [-0.15, -0.1) is 10.2 Å². The Hall–Kier alpha value is -1.62. The molecule has 0 aliphatic rings. The lowest BCUT2D eigenvalue weighted by Crippen LogP contribution is -2.03. The summed E-state index contributed by atoms with van der Waals surface area (Å²) in [5, 5.41) is 15.7. The van der Waals surface area contributed by atoms with Gasteiger partial charge in [-0.25, -0.2) is 0 Å². The van der Waals surface area contributed by atoms with Gasteiger partial charge in [-0.2, -0.15) is 4.80 Å². The largest absolute Gasteiger partial charge is 0.377 e. The highest BCUT2D eigenvalue weighted by Crippen LogP contribution is 2.19. The van der Waals surface area contributed by atoms with Crippen molar-refractivity contribution in [3.8, 4) is 0 Å². The normalized spacial score (nSPS) is 10.4. The minimum Gasteiger partial charge on any atom is -0.377 e. The lowest BCUT2D eigenvalue weighted by Gasteiger charge is -2.07. The van der Waals surface area contributed by atoms with Crippen molar-refractivity contribution in [2.24, 2.45) is 7.05 Å². The van der Waals surface area contributed by atoms with Gasteiger partial charge in [0.1, 0.15) is 0 Å². The summed E-state index contributed by atoms with van der Waals surface area (Å²) in [4.78, 5) is 1.44. The molecule has 5 nitrogen and oxygen atoms in total. The molecule has 16 heavy (non-hydrogen) atoms. The van der Waals surface area contributed by atoms with Crippen LogP contribution in [0.25, 0.3) is 0 Å². The molecule has 1 heterocycles. The van der Waals surface area contributed by atoms with E-state index in [9.17, 15) is 0 Å². The van der Waals surface area contributed by atoms with Gasteiger partial charge in [-0.3, -0.25) is 0 Å². The Morgan fingerprint density at radius 3 is 2.88 bits per heavy atom. The zero-order valence-corrected chi connectivity index (χ0v) is 9.86. The first-order valence-electron chi connectivity index (χ1n) is 4.88. The van der Waals surface area contributed by atoms with E-state index in [0.717, 1.165) is 16.3 Å². The van der Waals surface area contributed by atoms with E-state index in [0.29, 0.717) is 12.4 Å². The molecule has 0 aliphatic heterocycles. The first kappa shape index (κ1) is 10.9. The van der Waals surface area contributed by atoms with Crippen LogP contribution in [-0.4, -0.2) is 20.2 Å². The summed E-state index contributed by atoms with van der Waals surface area (Å²) in [6.45, 7) is 2.55. The van der Waals surface area contributed by atoms with Gasteiger partial charge in [0, 0.05) is 10.7 Å². The molecule has 2 aromatic rings. The van der Waals surface area contributed by atoms with Crippen molar-refractivity contribution in [3.63, 3.8) is 0 Å². The van der Waals surface area contributed by atoms with Gasteiger partial charge in [0.15, 0.2) is 5.82 Å². The number of aryl methyl sites for hydroxylation is 2. The van der Waals surface area contributed by atoms with E-state index in [1.54, 1.807) is 7.05 Å². The molecule has 0 spiro atoms. The summed E-state index contributed by atoms with van der Waals surface area (Å²) in [7, 11) is 1.74. The minimum atomic E-state index is 0.552. The fraction of sp³-hybridized carbons (Fsp3) is 0.300. The summed E-state index contributed by atoms with van der Waals surface area (Å²) in [6.07, 6.45) is 0. The highest BCUT2D eigenvalue weighted by Gasteiger charge is 2.02. The molecule has 2 rings (SSSR count). The number of nitrogens with one attached hydrogen (secondary N) is 1. The Labute approximate surface area is 98.4 Å². The number of hydrogen-bond donors (Lipinski definition) is 1. The topological polar surface area (TPSA) is 55.6 Å². The van der Waals surface area contributed by atoms with E-state index in [1.165, 1.54) is 4.80 Å². The molecule has 0 atom stereocenters. The van der Waals surface area contributed by atoms with Crippen molar-refractivity contribution in [3.05, 3.63) is 34.6 Å². The summed E-state index contributed by atoms with van der Waals surface area (Å²) in [6, 6.07) is 5.70. The number of benzene rings is 1. The summed E-state index contributed by atoms with van der Waals surface area (Å²) < 4.78 is 0. The monoisotopic (exact) mass is 237 g/mol. The SMILES string of the molecule is Cc1cc(Cl)ccc1NCc1nnn(C)n1. The van der Waals surface area contributed by atoms with Crippen LogP contribution in [0, 0.1) is 6.92 Å². The van der Waals surface area contributed by atoms with E-state index in [4.69, 9.17) is 11.6 Å². The van der Waals surface area contributed by atoms with Crippen molar-refractivity contribution in [1.29, 1.82) is 0 Å². The lowest BCUT2D eigenvalue weighted by molar-refractivity contribution is 0.628. The summed E-state index contributed by atoms with van der Waals surface area (Å²) in [5.74, 6) is 0.664. The third-order valence-corrected chi connectivity index (χ3v) is 2.41. The second kappa shape index (κ2) is 4.49. The Morgan fingerprint density at radius 1 is 1.44 bits per heavy atom. The molecule has 0 radical (unpaired) electrons. The molecule has 1 aromatic heterocycles. The number of nitrogens with zero attached hydrogens (tertiary/aromatic N) is 4. The van der Waals surface area contributed by atoms with Crippen LogP contribution >= 0.6 is 11.6 Å². The molecule has 0 bridgehead atoms. The first-order valence-corrected chi connectivity index (χ1v) is 5.26. The fourth-order valence-corrected chi connectivity index (χ4v) is 1.62. The lowest BCUT2D eigenvalue weighted by atomic mass is 10.2. The van der Waals surface area contributed by atoms with Gasteiger partial charge in [-0.1, -0.05) is 11.6 Å². The number of rotatable bonds is 3. The van der Waals surface area contributed by atoms with Crippen molar-refractivity contribution in [2.45, 2.75) is 13.5 Å². The van der Waals surface area contributed by atoms with E-state index >= 15 is 0 Å². The van der Waals surface area contributed by atoms with E-state index < -0.39 is 0 Å². The van der Waals surface area contributed by atoms with Crippen LogP contribution in [0.15, 0.2) is 18.2 Å². The van der Waals surface area contributed by atoms with E-state index in [2.05, 4.69) is 20.7 Å². The predicted molar refractivity (Wildman–Crippen MR) is 62.3 cm³/mol. The Kier molecular flexibility index (Phi) is 3.05. The zero-order valence-electron chi connectivity index (χ0n) is 9.11. The highest BCUT2D eigenvalue weighted by atomic mass is 35.5. The minimum absolute atomic E-state index is 0.552. The average Bonchev–Trinajstić information content (AvgIpc) is 2.63. The average molecular weight is 238 g/mol. The molecule has 0 amide bonds. The quantitative estimate of drug-likeness (QED) is 0.884. The Balaban J connectivity index is 2.04. The molecule has 0 aliphatic carbocycles. The van der Waals surface area contributed by atoms with Gasteiger partial charge in [0.2, 0.25) is 0 Å². The molecule has 1 aromatic carbocycles. The molecule has 6 heteroatoms. The van der Waals surface area contributed by atoms with Crippen molar-refractivity contribution < 1.29 is 0 Å². The summed E-state index contributed by atoms with van der Waals surface area (Å²) >= 11 is 5.87. The molecule has 84 valence electrons. The second-order valence-electron chi connectivity index (χ2n) is 3.51. The van der Waals surface area contributed by atoms with Crippen LogP contribution in [0.5, 0.6) is 0 Å². The van der Waals surface area contributed by atoms with E-state index in [-0.39, 0.29) is 0 Å². The smallest absolute Gasteiger partial charge is 0.193 e. The van der Waals surface area contributed by atoms with E-state index in [1.807, 2.05) is 25.1 Å². The van der Waals surface area contributed by atoms with Crippen LogP contribution in [0.4, 0.5) is 5.69 Å². The van der Waals surface area contributed by atoms with Gasteiger partial charge in [-0.05, 0) is 35.9 Å². The molecule has 1 N–H and O–H groups in total. The molecule has 0 unspecified atom stereocenters. The van der Waals surface area contributed by atoms with Crippen LogP contribution < -0.4 is 5.32 Å². The summed E-state index contributed by atoms with van der Waals surface area (Å²) in [5.41, 5.74) is 2.12. The third-order valence-electron chi connectivity index (χ3n) is 2.18. The van der Waals surface area contributed by atoms with Gasteiger partial charge >= 0.3 is 0 Å². The standard InChI is InChI=1S/C10H12ClN5/c1-7-5-8(11)3-4-9(7)12-6-10-13-15-16(2)14-10/h3-5,12H,6H2,1-2H3. The molecule has 0 fully saturated rings. The molecule has 0 saturated heterocycles. The van der Waals surface area contributed by atoms with Gasteiger partial charge in [0.25, 0.3) is 0 Å². The van der Waals surface area contributed by atoms with Gasteiger partial charge in [0.05, 0.1) is 13.6 Å². The van der Waals surface area contributed by atoms with Crippen LogP contribution in [0.3, 0.4) is 0 Å². The zero-order chi connectivity index (χ0) is 11.5. The number of aromatic nitrogens is 4. The third kappa shape index (κ3) is 2.49. The number of halogens is 1. The molecule has 0 saturated carbocycles.